The molecule has 32 heavy (non-hydrogen) atoms. The van der Waals surface area contributed by atoms with Gasteiger partial charge in [0, 0.05) is 50.4 Å². The van der Waals surface area contributed by atoms with E-state index in [1.54, 1.807) is 25.7 Å². The molecule has 1 amide bonds. The van der Waals surface area contributed by atoms with Crippen LogP contribution in [0, 0.1) is 0 Å². The smallest absolute Gasteiger partial charge is 0.227 e. The van der Waals surface area contributed by atoms with Crippen molar-refractivity contribution in [3.8, 4) is 16.9 Å². The molecule has 0 unspecified atom stereocenters. The van der Waals surface area contributed by atoms with Crippen molar-refractivity contribution in [2.45, 2.75) is 12.5 Å². The maximum absolute atomic E-state index is 13.0. The van der Waals surface area contributed by atoms with Crippen LogP contribution < -0.4 is 9.64 Å². The first kappa shape index (κ1) is 21.6. The number of amides is 1. The second-order valence-electron chi connectivity index (χ2n) is 7.72. The summed E-state index contributed by atoms with van der Waals surface area (Å²) in [5.74, 6) is 1.35. The number of anilines is 1. The predicted molar refractivity (Wildman–Crippen MR) is 119 cm³/mol. The summed E-state index contributed by atoms with van der Waals surface area (Å²) in [5, 5.41) is 0. The van der Waals surface area contributed by atoms with Crippen LogP contribution in [0.25, 0.3) is 11.1 Å². The highest BCUT2D eigenvalue weighted by Crippen LogP contribution is 2.31. The van der Waals surface area contributed by atoms with Crippen LogP contribution in [0.3, 0.4) is 0 Å². The summed E-state index contributed by atoms with van der Waals surface area (Å²) < 4.78 is 11.3. The first-order valence-electron chi connectivity index (χ1n) is 10.4. The van der Waals surface area contributed by atoms with Gasteiger partial charge in [0.1, 0.15) is 18.2 Å². The molecule has 3 aromatic rings. The number of methoxy groups -OCH3 is 1. The molecule has 0 saturated carbocycles. The van der Waals surface area contributed by atoms with Gasteiger partial charge in [-0.05, 0) is 17.7 Å². The lowest BCUT2D eigenvalue weighted by atomic mass is 10.0. The summed E-state index contributed by atoms with van der Waals surface area (Å²) in [6.45, 7) is 1.38. The molecule has 3 heterocycles. The van der Waals surface area contributed by atoms with Crippen LogP contribution in [0.5, 0.6) is 5.75 Å². The predicted octanol–water partition coefficient (Wildman–Crippen LogP) is 2.15. The number of carbonyl (C=O) groups is 1. The van der Waals surface area contributed by atoms with E-state index in [9.17, 15) is 4.79 Å². The van der Waals surface area contributed by atoms with E-state index in [0.29, 0.717) is 32.1 Å². The van der Waals surface area contributed by atoms with Crippen LogP contribution in [0.1, 0.15) is 17.4 Å². The number of morpholine rings is 1. The van der Waals surface area contributed by atoms with Crippen LogP contribution >= 0.6 is 0 Å². The van der Waals surface area contributed by atoms with Crippen molar-refractivity contribution in [3.63, 3.8) is 0 Å². The van der Waals surface area contributed by atoms with Gasteiger partial charge in [0.15, 0.2) is 0 Å². The molecule has 1 aromatic carbocycles. The van der Waals surface area contributed by atoms with Crippen molar-refractivity contribution in [2.75, 3.05) is 45.8 Å². The number of nitrogens with zero attached hydrogens (tertiary/aromatic N) is 6. The maximum atomic E-state index is 13.0. The molecule has 9 nitrogen and oxygen atoms in total. The fraction of sp³-hybridized carbons (Fsp3) is 0.348. The van der Waals surface area contributed by atoms with Crippen LogP contribution in [0.15, 0.2) is 49.2 Å². The molecular weight excluding hydrogens is 408 g/mol. The van der Waals surface area contributed by atoms with Gasteiger partial charge in [-0.1, -0.05) is 12.1 Å². The minimum Gasteiger partial charge on any atom is -0.497 e. The van der Waals surface area contributed by atoms with Gasteiger partial charge >= 0.3 is 0 Å². The molecule has 166 valence electrons. The molecule has 1 fully saturated rings. The molecule has 0 spiro atoms. The molecule has 0 aliphatic carbocycles. The molecule has 0 N–H and O–H groups in total. The second kappa shape index (κ2) is 9.69. The van der Waals surface area contributed by atoms with Gasteiger partial charge in [-0.2, -0.15) is 0 Å². The average molecular weight is 435 g/mol. The van der Waals surface area contributed by atoms with E-state index in [-0.39, 0.29) is 12.0 Å². The van der Waals surface area contributed by atoms with Gasteiger partial charge in [0.2, 0.25) is 11.9 Å². The second-order valence-corrected chi connectivity index (χ2v) is 7.72. The third-order valence-corrected chi connectivity index (χ3v) is 5.29. The standard InChI is InChI=1S/C23H26N6O3/c1-28(2)23-26-13-19(17-11-24-15-25-12-17)22(27-23)20-14-29(7-8-32-20)21(30)10-16-5-4-6-18(9-16)31-3/h4-6,9,11-13,15,20H,7-8,10,14H2,1-3H3/t20-/m0/s1. The lowest BCUT2D eigenvalue weighted by Crippen LogP contribution is -2.43. The molecule has 0 bridgehead atoms. The molecule has 4 rings (SSSR count). The highest BCUT2D eigenvalue weighted by Gasteiger charge is 2.29. The minimum atomic E-state index is -0.380. The zero-order chi connectivity index (χ0) is 22.5. The van der Waals surface area contributed by atoms with Gasteiger partial charge in [-0.15, -0.1) is 0 Å². The fourth-order valence-electron chi connectivity index (χ4n) is 3.62. The molecule has 0 radical (unpaired) electrons. The minimum absolute atomic E-state index is 0.0398. The Labute approximate surface area is 187 Å². The van der Waals surface area contributed by atoms with Gasteiger partial charge < -0.3 is 19.3 Å². The first-order chi connectivity index (χ1) is 15.5. The number of hydrogen-bond donors (Lipinski definition) is 0. The summed E-state index contributed by atoms with van der Waals surface area (Å²) >= 11 is 0. The van der Waals surface area contributed by atoms with E-state index in [1.807, 2.05) is 48.2 Å². The Morgan fingerprint density at radius 3 is 2.81 bits per heavy atom. The fourth-order valence-corrected chi connectivity index (χ4v) is 3.62. The Morgan fingerprint density at radius 1 is 1.25 bits per heavy atom. The van der Waals surface area contributed by atoms with Crippen molar-refractivity contribution in [2.24, 2.45) is 0 Å². The lowest BCUT2D eigenvalue weighted by molar-refractivity contribution is -0.138. The van der Waals surface area contributed by atoms with Crippen molar-refractivity contribution in [1.29, 1.82) is 0 Å². The molecule has 1 saturated heterocycles. The average Bonchev–Trinajstić information content (AvgIpc) is 2.84. The number of rotatable bonds is 6. The largest absolute Gasteiger partial charge is 0.497 e. The molecule has 9 heteroatoms. The van der Waals surface area contributed by atoms with Gasteiger partial charge in [0.05, 0.1) is 32.4 Å². The quantitative estimate of drug-likeness (QED) is 0.583. The number of carbonyl (C=O) groups excluding carboxylic acids is 1. The number of aromatic nitrogens is 4. The van der Waals surface area contributed by atoms with Crippen molar-refractivity contribution < 1.29 is 14.3 Å². The van der Waals surface area contributed by atoms with Crippen LogP contribution in [0.2, 0.25) is 0 Å². The first-order valence-corrected chi connectivity index (χ1v) is 10.4. The normalized spacial score (nSPS) is 16.0. The number of hydrogen-bond acceptors (Lipinski definition) is 8. The Kier molecular flexibility index (Phi) is 6.55. The van der Waals surface area contributed by atoms with Crippen molar-refractivity contribution >= 4 is 11.9 Å². The summed E-state index contributed by atoms with van der Waals surface area (Å²) in [7, 11) is 5.39. The summed E-state index contributed by atoms with van der Waals surface area (Å²) in [4.78, 5) is 34.1. The number of benzene rings is 1. The van der Waals surface area contributed by atoms with Crippen molar-refractivity contribution in [1.82, 2.24) is 24.8 Å². The Bertz CT molecular complexity index is 1080. The molecular formula is C23H26N6O3. The SMILES string of the molecule is COc1cccc(CC(=O)N2CCO[C@H](c3nc(N(C)C)ncc3-c3cncnc3)C2)c1. The van der Waals surface area contributed by atoms with Gasteiger partial charge in [-0.25, -0.2) is 19.9 Å². The van der Waals surface area contributed by atoms with E-state index >= 15 is 0 Å². The van der Waals surface area contributed by atoms with Crippen molar-refractivity contribution in [3.05, 3.63) is 60.4 Å². The molecule has 1 aliphatic rings. The van der Waals surface area contributed by atoms with E-state index in [4.69, 9.17) is 14.5 Å². The van der Waals surface area contributed by atoms with Gasteiger partial charge in [0.25, 0.3) is 0 Å². The third-order valence-electron chi connectivity index (χ3n) is 5.29. The maximum Gasteiger partial charge on any atom is 0.227 e. The van der Waals surface area contributed by atoms with Crippen LogP contribution in [0.4, 0.5) is 5.95 Å². The van der Waals surface area contributed by atoms with Crippen LogP contribution in [-0.2, 0) is 16.0 Å². The molecule has 2 aromatic heterocycles. The van der Waals surface area contributed by atoms with Gasteiger partial charge in [-0.3, -0.25) is 4.79 Å². The highest BCUT2D eigenvalue weighted by molar-refractivity contribution is 5.79. The summed E-state index contributed by atoms with van der Waals surface area (Å²) in [6.07, 6.45) is 6.61. The third kappa shape index (κ3) is 4.83. The Hall–Kier alpha value is -3.59. The summed E-state index contributed by atoms with van der Waals surface area (Å²) in [6, 6.07) is 7.57. The Balaban J connectivity index is 1.58. The highest BCUT2D eigenvalue weighted by atomic mass is 16.5. The number of ether oxygens (including phenoxy) is 2. The monoisotopic (exact) mass is 434 g/mol. The zero-order valence-electron chi connectivity index (χ0n) is 18.4. The topological polar surface area (TPSA) is 93.6 Å². The van der Waals surface area contributed by atoms with Crippen LogP contribution in [-0.4, -0.2) is 71.6 Å². The van der Waals surface area contributed by atoms with E-state index in [0.717, 1.165) is 28.1 Å². The molecule has 1 aliphatic heterocycles. The zero-order valence-corrected chi connectivity index (χ0v) is 18.4. The molecule has 1 atom stereocenters. The van der Waals surface area contributed by atoms with E-state index < -0.39 is 0 Å². The Morgan fingerprint density at radius 2 is 2.06 bits per heavy atom. The van der Waals surface area contributed by atoms with E-state index in [1.165, 1.54) is 6.33 Å². The lowest BCUT2D eigenvalue weighted by Gasteiger charge is -2.33. The summed E-state index contributed by atoms with van der Waals surface area (Å²) in [5.41, 5.74) is 3.23. The van der Waals surface area contributed by atoms with E-state index in [2.05, 4.69) is 15.0 Å².